The number of thiophene rings is 1. The lowest BCUT2D eigenvalue weighted by molar-refractivity contribution is 0.405. The smallest absolute Gasteiger partial charge is 0.124 e. The van der Waals surface area contributed by atoms with E-state index in [2.05, 4.69) is 59.4 Å². The number of halogens is 1. The predicted molar refractivity (Wildman–Crippen MR) is 85.4 cm³/mol. The third-order valence-corrected chi connectivity index (χ3v) is 5.08. The van der Waals surface area contributed by atoms with Crippen LogP contribution in [0.4, 0.5) is 0 Å². The van der Waals surface area contributed by atoms with Crippen LogP contribution in [0, 0.1) is 13.8 Å². The van der Waals surface area contributed by atoms with Gasteiger partial charge >= 0.3 is 0 Å². The van der Waals surface area contributed by atoms with E-state index in [4.69, 9.17) is 4.74 Å². The highest BCUT2D eigenvalue weighted by Gasteiger charge is 2.19. The highest BCUT2D eigenvalue weighted by molar-refractivity contribution is 9.10. The Morgan fingerprint density at radius 2 is 2.00 bits per heavy atom. The van der Waals surface area contributed by atoms with Crippen molar-refractivity contribution in [3.05, 3.63) is 49.6 Å². The molecule has 102 valence electrons. The molecule has 0 radical (unpaired) electrons. The molecule has 2 aromatic rings. The zero-order valence-electron chi connectivity index (χ0n) is 11.6. The second kappa shape index (κ2) is 6.07. The second-order valence-electron chi connectivity index (χ2n) is 4.51. The first-order chi connectivity index (χ1) is 9.06. The summed E-state index contributed by atoms with van der Waals surface area (Å²) in [7, 11) is 3.70. The maximum atomic E-state index is 5.54. The Morgan fingerprint density at radius 1 is 1.26 bits per heavy atom. The molecule has 1 unspecified atom stereocenters. The van der Waals surface area contributed by atoms with E-state index in [1.807, 2.05) is 18.4 Å². The third-order valence-electron chi connectivity index (χ3n) is 3.16. The summed E-state index contributed by atoms with van der Waals surface area (Å²) in [6, 6.07) is 8.70. The Morgan fingerprint density at radius 3 is 2.53 bits per heavy atom. The number of methoxy groups -OCH3 is 1. The van der Waals surface area contributed by atoms with E-state index < -0.39 is 0 Å². The van der Waals surface area contributed by atoms with Crippen LogP contribution in [0.5, 0.6) is 5.75 Å². The lowest BCUT2D eigenvalue weighted by Crippen LogP contribution is -2.17. The van der Waals surface area contributed by atoms with Crippen molar-refractivity contribution >= 4 is 27.3 Å². The number of hydrogen-bond donors (Lipinski definition) is 1. The van der Waals surface area contributed by atoms with Crippen molar-refractivity contribution in [2.75, 3.05) is 14.2 Å². The topological polar surface area (TPSA) is 21.3 Å². The van der Waals surface area contributed by atoms with Crippen LogP contribution >= 0.6 is 27.3 Å². The molecule has 2 rings (SSSR count). The average Bonchev–Trinajstić information content (AvgIpc) is 2.81. The molecule has 0 aliphatic rings. The van der Waals surface area contributed by atoms with E-state index in [1.54, 1.807) is 7.11 Å². The summed E-state index contributed by atoms with van der Waals surface area (Å²) in [6.45, 7) is 4.20. The molecule has 2 nitrogen and oxygen atoms in total. The van der Waals surface area contributed by atoms with Gasteiger partial charge in [-0.15, -0.1) is 11.3 Å². The molecular formula is C15H18BrNOS. The molecule has 0 spiro atoms. The van der Waals surface area contributed by atoms with Crippen molar-refractivity contribution in [1.82, 2.24) is 5.32 Å². The highest BCUT2D eigenvalue weighted by Crippen LogP contribution is 2.36. The monoisotopic (exact) mass is 339 g/mol. The molecule has 1 heterocycles. The molecule has 0 saturated carbocycles. The van der Waals surface area contributed by atoms with Gasteiger partial charge in [0.1, 0.15) is 5.75 Å². The summed E-state index contributed by atoms with van der Waals surface area (Å²) in [5.41, 5.74) is 2.34. The summed E-state index contributed by atoms with van der Waals surface area (Å²) in [5, 5.41) is 3.38. The van der Waals surface area contributed by atoms with Gasteiger partial charge in [0.05, 0.1) is 13.2 Å². The highest BCUT2D eigenvalue weighted by atomic mass is 79.9. The summed E-state index contributed by atoms with van der Waals surface area (Å²) in [5.74, 6) is 0.922. The van der Waals surface area contributed by atoms with Crippen molar-refractivity contribution in [1.29, 1.82) is 0 Å². The normalized spacial score (nSPS) is 12.5. The summed E-state index contributed by atoms with van der Waals surface area (Å²) >= 11 is 5.42. The molecule has 1 aromatic carbocycles. The Kier molecular flexibility index (Phi) is 4.66. The number of aryl methyl sites for hydroxylation is 2. The number of ether oxygens (including phenoxy) is 1. The Hall–Kier alpha value is -0.840. The lowest BCUT2D eigenvalue weighted by Gasteiger charge is -2.19. The van der Waals surface area contributed by atoms with Gasteiger partial charge in [0.25, 0.3) is 0 Å². The van der Waals surface area contributed by atoms with Crippen LogP contribution in [0.15, 0.2) is 28.7 Å². The van der Waals surface area contributed by atoms with Gasteiger partial charge in [-0.3, -0.25) is 0 Å². The summed E-state index contributed by atoms with van der Waals surface area (Å²) in [6.07, 6.45) is 0. The van der Waals surface area contributed by atoms with Gasteiger partial charge < -0.3 is 10.1 Å². The fourth-order valence-electron chi connectivity index (χ4n) is 2.13. The molecule has 0 aliphatic carbocycles. The maximum absolute atomic E-state index is 5.54. The Bertz CT molecular complexity index is 580. The fraction of sp³-hybridized carbons (Fsp3) is 0.333. The largest absolute Gasteiger partial charge is 0.496 e. The first-order valence-corrected chi connectivity index (χ1v) is 7.75. The van der Waals surface area contributed by atoms with Gasteiger partial charge in [-0.05, 0) is 50.7 Å². The van der Waals surface area contributed by atoms with Crippen molar-refractivity contribution in [3.63, 3.8) is 0 Å². The van der Waals surface area contributed by atoms with Crippen molar-refractivity contribution < 1.29 is 4.74 Å². The van der Waals surface area contributed by atoms with Gasteiger partial charge in [-0.2, -0.15) is 0 Å². The number of rotatable bonds is 4. The van der Waals surface area contributed by atoms with E-state index in [-0.39, 0.29) is 6.04 Å². The molecule has 0 fully saturated rings. The van der Waals surface area contributed by atoms with E-state index in [9.17, 15) is 0 Å². The molecule has 0 amide bonds. The third kappa shape index (κ3) is 3.02. The van der Waals surface area contributed by atoms with Crippen LogP contribution in [-0.4, -0.2) is 14.2 Å². The fourth-order valence-corrected chi connectivity index (χ4v) is 3.50. The molecule has 4 heteroatoms. The van der Waals surface area contributed by atoms with Crippen LogP contribution in [-0.2, 0) is 0 Å². The second-order valence-corrected chi connectivity index (χ2v) is 6.69. The van der Waals surface area contributed by atoms with Crippen molar-refractivity contribution in [2.24, 2.45) is 0 Å². The Balaban J connectivity index is 2.51. The number of nitrogens with one attached hydrogen (secondary N) is 1. The quantitative estimate of drug-likeness (QED) is 0.888. The minimum absolute atomic E-state index is 0.158. The standard InChI is InChI=1S/C15H18BrNOS/c1-9-7-13(18-4)11(8-12(9)16)15(17-3)14-6-5-10(2)19-14/h5-8,15,17H,1-4H3. The minimum atomic E-state index is 0.158. The lowest BCUT2D eigenvalue weighted by atomic mass is 10.0. The van der Waals surface area contributed by atoms with Crippen molar-refractivity contribution in [3.8, 4) is 5.75 Å². The molecular weight excluding hydrogens is 322 g/mol. The Labute approximate surface area is 126 Å². The molecule has 1 N–H and O–H groups in total. The SMILES string of the molecule is CNC(c1ccc(C)s1)c1cc(Br)c(C)cc1OC. The predicted octanol–water partition coefficient (Wildman–Crippen LogP) is 4.44. The van der Waals surface area contributed by atoms with E-state index in [0.717, 1.165) is 15.8 Å². The minimum Gasteiger partial charge on any atom is -0.496 e. The van der Waals surface area contributed by atoms with Crippen LogP contribution in [0.2, 0.25) is 0 Å². The van der Waals surface area contributed by atoms with E-state index >= 15 is 0 Å². The molecule has 0 bridgehead atoms. The first kappa shape index (κ1) is 14.6. The number of hydrogen-bond acceptors (Lipinski definition) is 3. The molecule has 0 aliphatic heterocycles. The van der Waals surface area contributed by atoms with Gasteiger partial charge in [0.2, 0.25) is 0 Å². The van der Waals surface area contributed by atoms with Gasteiger partial charge in [0.15, 0.2) is 0 Å². The molecule has 19 heavy (non-hydrogen) atoms. The molecule has 1 atom stereocenters. The van der Waals surface area contributed by atoms with Crippen LogP contribution < -0.4 is 10.1 Å². The van der Waals surface area contributed by atoms with Crippen LogP contribution in [0.25, 0.3) is 0 Å². The van der Waals surface area contributed by atoms with Crippen LogP contribution in [0.3, 0.4) is 0 Å². The maximum Gasteiger partial charge on any atom is 0.124 e. The zero-order chi connectivity index (χ0) is 14.0. The van der Waals surface area contributed by atoms with Crippen molar-refractivity contribution in [2.45, 2.75) is 19.9 Å². The van der Waals surface area contributed by atoms with Gasteiger partial charge in [-0.25, -0.2) is 0 Å². The summed E-state index contributed by atoms with van der Waals surface area (Å²) in [4.78, 5) is 2.62. The molecule has 1 aromatic heterocycles. The first-order valence-electron chi connectivity index (χ1n) is 6.14. The van der Waals surface area contributed by atoms with E-state index in [1.165, 1.54) is 15.3 Å². The average molecular weight is 340 g/mol. The van der Waals surface area contributed by atoms with Crippen LogP contribution in [0.1, 0.15) is 26.9 Å². The zero-order valence-corrected chi connectivity index (χ0v) is 14.0. The molecule has 0 saturated heterocycles. The van der Waals surface area contributed by atoms with Gasteiger partial charge in [-0.1, -0.05) is 15.9 Å². The number of benzene rings is 1. The van der Waals surface area contributed by atoms with E-state index in [0.29, 0.717) is 0 Å². The summed E-state index contributed by atoms with van der Waals surface area (Å²) < 4.78 is 6.64. The van der Waals surface area contributed by atoms with Gasteiger partial charge in [0, 0.05) is 19.8 Å².